The van der Waals surface area contributed by atoms with Crippen LogP contribution in [0.15, 0.2) is 12.2 Å². The monoisotopic (exact) mass is 262 g/mol. The molecule has 0 N–H and O–H groups in total. The summed E-state index contributed by atoms with van der Waals surface area (Å²) in [5.41, 5.74) is 0. The van der Waals surface area contributed by atoms with Gasteiger partial charge in [-0.25, -0.2) is 0 Å². The molecule has 0 aliphatic heterocycles. The minimum atomic E-state index is 0.456. The fraction of sp³-hybridized carbons (Fsp3) is 0.875. The van der Waals surface area contributed by atoms with Gasteiger partial charge in [-0.15, -0.1) is 0 Å². The molecule has 0 aromatic carbocycles. The molecule has 0 bridgehead atoms. The van der Waals surface area contributed by atoms with E-state index in [1.165, 1.54) is 56.5 Å². The number of allylic oxidation sites excluding steroid dienone is 1. The van der Waals surface area contributed by atoms with Gasteiger partial charge in [-0.1, -0.05) is 39.0 Å². The van der Waals surface area contributed by atoms with Gasteiger partial charge in [0.2, 0.25) is 0 Å². The van der Waals surface area contributed by atoms with Gasteiger partial charge >= 0.3 is 90.1 Å². The van der Waals surface area contributed by atoms with E-state index < -0.39 is 0 Å². The molecule has 0 radical (unpaired) electrons. The van der Waals surface area contributed by atoms with Crippen molar-refractivity contribution in [3.05, 3.63) is 12.2 Å². The third-order valence-electron chi connectivity index (χ3n) is 3.11. The van der Waals surface area contributed by atoms with Crippen molar-refractivity contribution in [1.82, 2.24) is 0 Å². The molecule has 3 heteroatoms. The number of unbranched alkanes of at least 4 members (excludes halogenated alkanes) is 6. The molecule has 0 atom stereocenters. The maximum atomic E-state index is 5.44. The zero-order chi connectivity index (χ0) is 14.0. The van der Waals surface area contributed by atoms with Crippen molar-refractivity contribution in [1.29, 1.82) is 0 Å². The van der Waals surface area contributed by atoms with Gasteiger partial charge in [0.15, 0.2) is 0 Å². The number of rotatable bonds is 15. The van der Waals surface area contributed by atoms with Gasteiger partial charge in [0.05, 0.1) is 0 Å². The molecular weight excluding hydrogens is 231 g/mol. The van der Waals surface area contributed by atoms with Gasteiger partial charge in [-0.2, -0.15) is 0 Å². The Hall–Kier alpha value is 0.257. The fourth-order valence-corrected chi connectivity index (χ4v) is 1.89. The zero-order valence-corrected chi connectivity index (χ0v) is 13.2. The van der Waals surface area contributed by atoms with Crippen LogP contribution in [0.2, 0.25) is 5.09 Å². The zero-order valence-electron chi connectivity index (χ0n) is 13.2. The molecule has 0 fully saturated rings. The minimum Gasteiger partial charge on any atom is -0.0654 e. The Kier molecular flexibility index (Phi) is 18.5. The van der Waals surface area contributed by atoms with Crippen LogP contribution < -0.4 is 0 Å². The van der Waals surface area contributed by atoms with Crippen LogP contribution in [0.25, 0.3) is 0 Å². The van der Waals surface area contributed by atoms with E-state index in [-0.39, 0.29) is 0 Å². The van der Waals surface area contributed by atoms with Gasteiger partial charge in [0.25, 0.3) is 0 Å². The Morgan fingerprint density at radius 1 is 0.789 bits per heavy atom. The van der Waals surface area contributed by atoms with Gasteiger partial charge in [-0.3, -0.25) is 0 Å². The summed E-state index contributed by atoms with van der Waals surface area (Å²) in [6.45, 7) is 4.33. The first-order chi connectivity index (χ1) is 9.41. The van der Waals surface area contributed by atoms with E-state index >= 15 is 0 Å². The SMILES string of the molecule is [Li][CH2]CC=CCCOCOCCCCCCCCC. The molecular formula is C16H31LiO2. The summed E-state index contributed by atoms with van der Waals surface area (Å²) in [7, 11) is 0. The Bertz CT molecular complexity index is 184. The minimum absolute atomic E-state index is 0.456. The smallest absolute Gasteiger partial charge is 0.0654 e. The van der Waals surface area contributed by atoms with Crippen molar-refractivity contribution in [2.24, 2.45) is 0 Å². The molecule has 0 amide bonds. The van der Waals surface area contributed by atoms with E-state index in [1.54, 1.807) is 0 Å². The molecule has 0 aromatic rings. The third-order valence-corrected chi connectivity index (χ3v) is 3.11. The predicted octanol–water partition coefficient (Wildman–Crippen LogP) is 4.65. The van der Waals surface area contributed by atoms with E-state index in [0.29, 0.717) is 6.79 Å². The summed E-state index contributed by atoms with van der Waals surface area (Å²) >= 11 is 2.19. The maximum absolute atomic E-state index is 5.44. The molecule has 0 saturated carbocycles. The second-order valence-electron chi connectivity index (χ2n) is 5.10. The van der Waals surface area contributed by atoms with E-state index in [0.717, 1.165) is 19.6 Å². The Morgan fingerprint density at radius 3 is 2.16 bits per heavy atom. The number of hydrogen-bond donors (Lipinski definition) is 0. The first-order valence-corrected chi connectivity index (χ1v) is 8.22. The summed E-state index contributed by atoms with van der Waals surface area (Å²) in [6.07, 6.45) is 15.9. The number of ether oxygens (including phenoxy) is 2. The Morgan fingerprint density at radius 2 is 1.42 bits per heavy atom. The van der Waals surface area contributed by atoms with Gasteiger partial charge in [-0.05, 0) is 0 Å². The van der Waals surface area contributed by atoms with Crippen molar-refractivity contribution < 1.29 is 9.47 Å². The van der Waals surface area contributed by atoms with Gasteiger partial charge in [0, 0.05) is 0 Å². The van der Waals surface area contributed by atoms with E-state index in [1.807, 2.05) is 0 Å². The van der Waals surface area contributed by atoms with Gasteiger partial charge in [0.1, 0.15) is 0 Å². The van der Waals surface area contributed by atoms with Crippen LogP contribution in [0.1, 0.15) is 64.7 Å². The van der Waals surface area contributed by atoms with Crippen LogP contribution in [0.3, 0.4) is 0 Å². The van der Waals surface area contributed by atoms with E-state index in [2.05, 4.69) is 36.8 Å². The average molecular weight is 262 g/mol. The van der Waals surface area contributed by atoms with Crippen molar-refractivity contribution in [3.8, 4) is 0 Å². The first kappa shape index (κ1) is 19.3. The Balaban J connectivity index is 2.95. The third kappa shape index (κ3) is 18.3. The normalized spacial score (nSPS) is 11.5. The summed E-state index contributed by atoms with van der Waals surface area (Å²) in [5.74, 6) is 0. The van der Waals surface area contributed by atoms with Crippen LogP contribution in [-0.2, 0) is 9.47 Å². The topological polar surface area (TPSA) is 18.5 Å². The van der Waals surface area contributed by atoms with Crippen LogP contribution in [0.4, 0.5) is 0 Å². The van der Waals surface area contributed by atoms with Crippen molar-refractivity contribution in [2.45, 2.75) is 69.8 Å². The summed E-state index contributed by atoms with van der Waals surface area (Å²) < 4.78 is 10.8. The second-order valence-corrected chi connectivity index (χ2v) is 5.10. The number of hydrogen-bond acceptors (Lipinski definition) is 2. The second kappa shape index (κ2) is 18.3. The molecule has 2 nitrogen and oxygen atoms in total. The standard InChI is InChI=1S/C16H31O2.Li/c1-3-5-7-9-10-11-13-15-18-16-17-14-12-8-6-4-2;/h6,8H,2-5,7,9-16H2,1H3;. The molecule has 0 aliphatic carbocycles. The molecule has 0 unspecified atom stereocenters. The quantitative estimate of drug-likeness (QED) is 0.185. The summed E-state index contributed by atoms with van der Waals surface area (Å²) in [4.78, 5) is 0. The predicted molar refractivity (Wildman–Crippen MR) is 83.7 cm³/mol. The molecule has 0 spiro atoms. The fourth-order valence-electron chi connectivity index (χ4n) is 1.89. The van der Waals surface area contributed by atoms with Crippen LogP contribution in [-0.4, -0.2) is 37.7 Å². The molecule has 19 heavy (non-hydrogen) atoms. The van der Waals surface area contributed by atoms with Crippen LogP contribution >= 0.6 is 0 Å². The van der Waals surface area contributed by atoms with Crippen molar-refractivity contribution >= 4 is 17.7 Å². The van der Waals surface area contributed by atoms with Crippen LogP contribution in [0, 0.1) is 0 Å². The molecule has 0 rings (SSSR count). The molecule has 0 aliphatic rings. The Labute approximate surface area is 129 Å². The van der Waals surface area contributed by atoms with E-state index in [4.69, 9.17) is 9.47 Å². The summed E-state index contributed by atoms with van der Waals surface area (Å²) in [5, 5.41) is 1.22. The van der Waals surface area contributed by atoms with Crippen molar-refractivity contribution in [3.63, 3.8) is 0 Å². The molecule has 0 aromatic heterocycles. The average Bonchev–Trinajstić information content (AvgIpc) is 2.43. The van der Waals surface area contributed by atoms with Crippen molar-refractivity contribution in [2.75, 3.05) is 20.0 Å². The van der Waals surface area contributed by atoms with Crippen LogP contribution in [0.5, 0.6) is 0 Å². The molecule has 0 heterocycles. The van der Waals surface area contributed by atoms with Gasteiger partial charge < -0.3 is 0 Å². The first-order valence-electron chi connectivity index (χ1n) is 8.22. The van der Waals surface area contributed by atoms with E-state index in [9.17, 15) is 0 Å². The summed E-state index contributed by atoms with van der Waals surface area (Å²) in [6, 6.07) is 0. The molecule has 0 saturated heterocycles. The molecule has 108 valence electrons.